The van der Waals surface area contributed by atoms with Crippen LogP contribution in [0.2, 0.25) is 0 Å². The van der Waals surface area contributed by atoms with Gasteiger partial charge in [-0.2, -0.15) is 0 Å². The first-order chi connectivity index (χ1) is 19.0. The Hall–Kier alpha value is -0.640. The Labute approximate surface area is 239 Å². The van der Waals surface area contributed by atoms with Gasteiger partial charge < -0.3 is 76.9 Å². The fourth-order valence-corrected chi connectivity index (χ4v) is 1.42. The van der Waals surface area contributed by atoms with E-state index in [2.05, 4.69) is 33.2 Å². The summed E-state index contributed by atoms with van der Waals surface area (Å²) in [5.74, 6) is 0. The monoisotopic (exact) mass is 597 g/mol. The van der Waals surface area contributed by atoms with Gasteiger partial charge in [0.25, 0.3) is 0 Å². The number of aliphatic hydroxyl groups is 1. The molecule has 0 aromatic carbocycles. The van der Waals surface area contributed by atoms with E-state index in [0.29, 0.717) is 0 Å². The lowest BCUT2D eigenvalue weighted by Crippen LogP contribution is -2.33. The second-order valence-corrected chi connectivity index (χ2v) is 7.43. The summed E-state index contributed by atoms with van der Waals surface area (Å²) in [4.78, 5) is 0. The van der Waals surface area contributed by atoms with E-state index in [1.807, 2.05) is 0 Å². The van der Waals surface area contributed by atoms with Crippen LogP contribution in [-0.4, -0.2) is 145 Å². The molecule has 0 aromatic heterocycles. The predicted molar refractivity (Wildman–Crippen MR) is 136 cm³/mol. The Morgan fingerprint density at radius 3 is 1.32 bits per heavy atom. The molecule has 0 spiro atoms. The highest BCUT2D eigenvalue weighted by Gasteiger charge is 2.20. The Bertz CT molecular complexity index is 450. The lowest BCUT2D eigenvalue weighted by molar-refractivity contribution is -0.496. The zero-order valence-electron chi connectivity index (χ0n) is 26.7. The number of hydrogen-bond acceptors (Lipinski definition) is 16. The first-order valence-corrected chi connectivity index (χ1v) is 12.3. The van der Waals surface area contributed by atoms with Crippen LogP contribution in [0.5, 0.6) is 0 Å². The highest BCUT2D eigenvalue weighted by atomic mass is 16.8. The Kier molecular flexibility index (Phi) is 34.3. The average molecular weight is 598 g/mol. The van der Waals surface area contributed by atoms with Crippen LogP contribution in [-0.2, 0) is 61.6 Å². The molecule has 8 unspecified atom stereocenters. The predicted octanol–water partition coefficient (Wildman–Crippen LogP) is -1.29. The van der Waals surface area contributed by atoms with Crippen LogP contribution in [0.3, 0.4) is 0 Å². The molecule has 0 bridgehead atoms. The van der Waals surface area contributed by atoms with Gasteiger partial charge in [-0.3, -0.25) is 0 Å². The van der Waals surface area contributed by atoms with Gasteiger partial charge in [-0.15, -0.1) is 0 Å². The molecule has 2 aliphatic rings. The SMILES string of the molecule is COC(C)[O-].COC(O)COC(COC(C)OC)OC.COC([O-])COC(C)OC.COC1CO1.COC1CO1.[H+]. The molecule has 2 saturated heterocycles. The Morgan fingerprint density at radius 2 is 1.07 bits per heavy atom. The van der Waals surface area contributed by atoms with Crippen LogP contribution in [0.15, 0.2) is 0 Å². The fourth-order valence-electron chi connectivity index (χ4n) is 1.42. The zero-order chi connectivity index (χ0) is 31.3. The summed E-state index contributed by atoms with van der Waals surface area (Å²) in [6.45, 7) is 6.76. The third-order valence-corrected chi connectivity index (χ3v) is 4.28. The fraction of sp³-hybridized carbons (Fsp3) is 1.00. The van der Waals surface area contributed by atoms with E-state index in [9.17, 15) is 10.2 Å². The molecule has 2 heterocycles. The van der Waals surface area contributed by atoms with Crippen molar-refractivity contribution in [1.82, 2.24) is 0 Å². The van der Waals surface area contributed by atoms with E-state index >= 15 is 0 Å². The number of epoxide rings is 2. The number of ether oxygens (including phenoxy) is 13. The largest absolute Gasteiger partial charge is 1.00 e. The normalized spacial score (nSPS) is 21.1. The molecule has 0 saturated carbocycles. The van der Waals surface area contributed by atoms with Crippen molar-refractivity contribution in [3.8, 4) is 0 Å². The highest BCUT2D eigenvalue weighted by molar-refractivity contribution is 4.52. The molecule has 0 aromatic rings. The van der Waals surface area contributed by atoms with E-state index in [0.717, 1.165) is 13.2 Å². The van der Waals surface area contributed by atoms with Gasteiger partial charge in [0.05, 0.1) is 6.61 Å². The molecule has 246 valence electrons. The average Bonchev–Trinajstić information content (AvgIpc) is 3.90. The van der Waals surface area contributed by atoms with Gasteiger partial charge in [0.15, 0.2) is 37.7 Å². The van der Waals surface area contributed by atoms with Gasteiger partial charge in [0.2, 0.25) is 0 Å². The molecule has 1 N–H and O–H groups in total. The summed E-state index contributed by atoms with van der Waals surface area (Å²) in [6, 6.07) is 0. The molecule has 2 rings (SSSR count). The van der Waals surface area contributed by atoms with Crippen LogP contribution >= 0.6 is 0 Å². The number of methoxy groups -OCH3 is 8. The molecule has 2 aliphatic heterocycles. The van der Waals surface area contributed by atoms with E-state index in [-0.39, 0.29) is 46.4 Å². The Balaban J connectivity index is -0.000000225. The molecule has 0 amide bonds. The number of aliphatic hydroxyl groups excluding tert-OH is 1. The van der Waals surface area contributed by atoms with Crippen LogP contribution in [0, 0.1) is 0 Å². The second kappa shape index (κ2) is 31.3. The minimum Gasteiger partial charge on any atom is -0.831 e. The minimum atomic E-state index is -1.11. The third-order valence-electron chi connectivity index (χ3n) is 4.28. The van der Waals surface area contributed by atoms with Gasteiger partial charge in [0, 0.05) is 63.2 Å². The standard InChI is InChI=1S/C9H20O6.C6H13O4.2C3H6O2.C3H7O2/c1-7(11-2)14-6-9(13-4)15-5-8(10)12-3;1-5(8-2)10-4-6(7)9-3;2*1-4-3-2-5-3;1-3(4)5-2/h7-10H,5-6H2,1-4H3;5-6H,4H2,1-3H3;2*3H,2H2,1H3;3H,1-2H3/q;-1;;;-1/p+1. The molecule has 2 fully saturated rings. The molecule has 8 atom stereocenters. The van der Waals surface area contributed by atoms with Crippen molar-refractivity contribution in [2.24, 2.45) is 0 Å². The molecule has 16 nitrogen and oxygen atoms in total. The molecule has 16 heteroatoms. The molecular weight excluding hydrogens is 544 g/mol. The van der Waals surface area contributed by atoms with Crippen molar-refractivity contribution in [1.29, 1.82) is 0 Å². The van der Waals surface area contributed by atoms with Gasteiger partial charge in [-0.25, -0.2) is 0 Å². The van der Waals surface area contributed by atoms with E-state index < -0.39 is 25.2 Å². The second-order valence-electron chi connectivity index (χ2n) is 7.43. The maximum absolute atomic E-state index is 10.5. The maximum Gasteiger partial charge on any atom is 1.00 e. The molecular formula is C24H53O16-. The van der Waals surface area contributed by atoms with Crippen molar-refractivity contribution in [3.63, 3.8) is 0 Å². The summed E-state index contributed by atoms with van der Waals surface area (Å²) >= 11 is 0. The topological polar surface area (TPSA) is 193 Å². The maximum atomic E-state index is 10.5. The minimum absolute atomic E-state index is 0. The van der Waals surface area contributed by atoms with E-state index in [1.165, 1.54) is 42.5 Å². The van der Waals surface area contributed by atoms with Gasteiger partial charge in [0.1, 0.15) is 26.4 Å². The van der Waals surface area contributed by atoms with Crippen molar-refractivity contribution in [2.45, 2.75) is 71.1 Å². The quantitative estimate of drug-likeness (QED) is 0.154. The van der Waals surface area contributed by atoms with E-state index in [4.69, 9.17) is 33.5 Å². The number of rotatable bonds is 17. The first kappa shape index (κ1) is 43.8. The highest BCUT2D eigenvalue weighted by Crippen LogP contribution is 2.07. The summed E-state index contributed by atoms with van der Waals surface area (Å²) < 4.78 is 61.6. The molecule has 40 heavy (non-hydrogen) atoms. The van der Waals surface area contributed by atoms with Gasteiger partial charge >= 0.3 is 1.43 Å². The smallest absolute Gasteiger partial charge is 0.831 e. The first-order valence-electron chi connectivity index (χ1n) is 12.3. The third kappa shape index (κ3) is 37.4. The van der Waals surface area contributed by atoms with Crippen molar-refractivity contribution in [2.75, 3.05) is 89.9 Å². The van der Waals surface area contributed by atoms with Crippen molar-refractivity contribution in [3.05, 3.63) is 0 Å². The van der Waals surface area contributed by atoms with Crippen LogP contribution in [0.4, 0.5) is 0 Å². The summed E-state index contributed by atoms with van der Waals surface area (Å²) in [5, 5.41) is 29.2. The van der Waals surface area contributed by atoms with Crippen molar-refractivity contribution < 1.29 is 78.3 Å². The van der Waals surface area contributed by atoms with Crippen molar-refractivity contribution >= 4 is 0 Å². The summed E-state index contributed by atoms with van der Waals surface area (Å²) in [6.07, 6.45) is -3.88. The van der Waals surface area contributed by atoms with Gasteiger partial charge in [-0.1, -0.05) is 6.92 Å². The molecule has 0 radical (unpaired) electrons. The van der Waals surface area contributed by atoms with Crippen LogP contribution in [0.1, 0.15) is 22.2 Å². The summed E-state index contributed by atoms with van der Waals surface area (Å²) in [5.41, 5.74) is 0. The van der Waals surface area contributed by atoms with Gasteiger partial charge in [-0.05, 0) is 20.1 Å². The Morgan fingerprint density at radius 1 is 0.650 bits per heavy atom. The molecule has 0 aliphatic carbocycles. The zero-order valence-corrected chi connectivity index (χ0v) is 25.7. The lowest BCUT2D eigenvalue weighted by atomic mass is 10.6. The van der Waals surface area contributed by atoms with Crippen LogP contribution < -0.4 is 10.2 Å². The van der Waals surface area contributed by atoms with E-state index in [1.54, 1.807) is 35.2 Å². The van der Waals surface area contributed by atoms with Crippen LogP contribution in [0.25, 0.3) is 0 Å². The summed E-state index contributed by atoms with van der Waals surface area (Å²) in [7, 11) is 11.9. The lowest BCUT2D eigenvalue weighted by Gasteiger charge is -2.21. The number of hydrogen-bond donors (Lipinski definition) is 1.